The summed E-state index contributed by atoms with van der Waals surface area (Å²) in [6.45, 7) is -0.219. The molecule has 2 atom stereocenters. The van der Waals surface area contributed by atoms with Crippen LogP contribution in [-0.4, -0.2) is 36.4 Å². The molecule has 13 heavy (non-hydrogen) atoms. The molecule has 0 aromatic carbocycles. The molecule has 76 valence electrons. The monoisotopic (exact) mass is 197 g/mol. The Balaban J connectivity index is 1.89. The maximum Gasteiger partial charge on any atom is 0.319 e. The number of rotatable bonds is 3. The smallest absolute Gasteiger partial charge is 0.294 e. The minimum absolute atomic E-state index is 0.171. The number of hydrogen-bond acceptors (Lipinski definition) is 1. The van der Waals surface area contributed by atoms with E-state index in [-0.39, 0.29) is 6.04 Å². The normalized spacial score (nSPS) is 33.9. The van der Waals surface area contributed by atoms with Crippen LogP contribution in [0.5, 0.6) is 0 Å². The summed E-state index contributed by atoms with van der Waals surface area (Å²) in [6, 6.07) is 0.171. The zero-order valence-electron chi connectivity index (χ0n) is 7.02. The van der Waals surface area contributed by atoms with Gasteiger partial charge in [0.2, 0.25) is 0 Å². The summed E-state index contributed by atoms with van der Waals surface area (Å²) in [6.07, 6.45) is -1.73. The molecule has 0 N–H and O–H groups in total. The van der Waals surface area contributed by atoms with E-state index < -0.39 is 18.9 Å². The molecule has 0 aromatic heterocycles. The molecule has 0 amide bonds. The molecular formula is C8H11F4N. The van der Waals surface area contributed by atoms with Crippen LogP contribution in [0.2, 0.25) is 0 Å². The number of likely N-dealkylation sites (tertiary alicyclic amines) is 1. The summed E-state index contributed by atoms with van der Waals surface area (Å²) < 4.78 is 48.9. The first kappa shape index (κ1) is 9.24. The number of hydrogen-bond donors (Lipinski definition) is 0. The van der Waals surface area contributed by atoms with Gasteiger partial charge in [0.1, 0.15) is 0 Å². The van der Waals surface area contributed by atoms with E-state index >= 15 is 0 Å². The average Bonchev–Trinajstić information content (AvgIpc) is 2.70. The van der Waals surface area contributed by atoms with Gasteiger partial charge in [0.15, 0.2) is 0 Å². The molecule has 1 aliphatic heterocycles. The predicted molar refractivity (Wildman–Crippen MR) is 39.0 cm³/mol. The van der Waals surface area contributed by atoms with Crippen molar-refractivity contribution in [3.05, 3.63) is 0 Å². The van der Waals surface area contributed by atoms with E-state index in [1.807, 2.05) is 0 Å². The van der Waals surface area contributed by atoms with Gasteiger partial charge >= 0.3 is 12.3 Å². The van der Waals surface area contributed by atoms with Crippen molar-refractivity contribution in [3.63, 3.8) is 0 Å². The van der Waals surface area contributed by atoms with Crippen LogP contribution in [0, 0.1) is 5.92 Å². The van der Waals surface area contributed by atoms with Crippen LogP contribution >= 0.6 is 0 Å². The fraction of sp³-hybridized carbons (Fsp3) is 1.00. The Kier molecular flexibility index (Phi) is 2.02. The second-order valence-corrected chi connectivity index (χ2v) is 3.88. The fourth-order valence-corrected chi connectivity index (χ4v) is 2.02. The van der Waals surface area contributed by atoms with E-state index in [0.717, 1.165) is 12.8 Å². The lowest BCUT2D eigenvalue weighted by atomic mass is 10.3. The number of fused-ring (bicyclic) bond motifs is 1. The van der Waals surface area contributed by atoms with Crippen LogP contribution in [0.25, 0.3) is 0 Å². The standard InChI is InChI=1S/C8H11F4N/c9-7(10)8(11,12)4-13-2-1-5-3-6(5)13/h5-7H,1-4H2. The second-order valence-electron chi connectivity index (χ2n) is 3.88. The molecule has 0 bridgehead atoms. The molecule has 2 unspecified atom stereocenters. The zero-order valence-corrected chi connectivity index (χ0v) is 7.02. The van der Waals surface area contributed by atoms with Crippen molar-refractivity contribution in [3.8, 4) is 0 Å². The van der Waals surface area contributed by atoms with Crippen molar-refractivity contribution in [2.75, 3.05) is 13.1 Å². The SMILES string of the molecule is FC(F)C(F)(F)CN1CCC2CC21. The van der Waals surface area contributed by atoms with Gasteiger partial charge in [-0.2, -0.15) is 8.78 Å². The van der Waals surface area contributed by atoms with E-state index in [0.29, 0.717) is 12.5 Å². The summed E-state index contributed by atoms with van der Waals surface area (Å²) in [5, 5.41) is 0. The van der Waals surface area contributed by atoms with Crippen LogP contribution in [0.15, 0.2) is 0 Å². The largest absolute Gasteiger partial charge is 0.319 e. The van der Waals surface area contributed by atoms with E-state index in [1.165, 1.54) is 4.90 Å². The van der Waals surface area contributed by atoms with Crippen LogP contribution in [0.4, 0.5) is 17.6 Å². The minimum Gasteiger partial charge on any atom is -0.294 e. The first-order valence-electron chi connectivity index (χ1n) is 4.41. The molecule has 1 heterocycles. The van der Waals surface area contributed by atoms with E-state index in [1.54, 1.807) is 0 Å². The maximum atomic E-state index is 12.6. The van der Waals surface area contributed by atoms with Gasteiger partial charge in [0, 0.05) is 6.04 Å². The number of halogens is 4. The molecule has 2 rings (SSSR count). The molecule has 1 nitrogen and oxygen atoms in total. The van der Waals surface area contributed by atoms with Gasteiger partial charge in [0.25, 0.3) is 0 Å². The van der Waals surface area contributed by atoms with Gasteiger partial charge in [0.05, 0.1) is 6.54 Å². The molecule has 0 aromatic rings. The highest BCUT2D eigenvalue weighted by Crippen LogP contribution is 2.45. The number of nitrogens with zero attached hydrogens (tertiary/aromatic N) is 1. The highest BCUT2D eigenvalue weighted by atomic mass is 19.3. The number of piperidine rings is 1. The third-order valence-corrected chi connectivity index (χ3v) is 2.87. The van der Waals surface area contributed by atoms with E-state index in [9.17, 15) is 17.6 Å². The van der Waals surface area contributed by atoms with Crippen molar-refractivity contribution in [1.29, 1.82) is 0 Å². The molecule has 0 radical (unpaired) electrons. The van der Waals surface area contributed by atoms with Crippen molar-refractivity contribution < 1.29 is 17.6 Å². The summed E-state index contributed by atoms with van der Waals surface area (Å²) in [4.78, 5) is 1.50. The molecule has 1 saturated carbocycles. The molecule has 2 aliphatic rings. The van der Waals surface area contributed by atoms with Crippen molar-refractivity contribution >= 4 is 0 Å². The predicted octanol–water partition coefficient (Wildman–Crippen LogP) is 1.98. The van der Waals surface area contributed by atoms with Crippen LogP contribution in [0.3, 0.4) is 0 Å². The van der Waals surface area contributed by atoms with Gasteiger partial charge in [-0.1, -0.05) is 0 Å². The molecule has 1 saturated heterocycles. The van der Waals surface area contributed by atoms with Gasteiger partial charge in [-0.3, -0.25) is 4.90 Å². The minimum atomic E-state index is -3.84. The summed E-state index contributed by atoms with van der Waals surface area (Å²) >= 11 is 0. The lowest BCUT2D eigenvalue weighted by Gasteiger charge is -2.23. The van der Waals surface area contributed by atoms with Crippen LogP contribution in [0.1, 0.15) is 12.8 Å². The highest BCUT2D eigenvalue weighted by molar-refractivity contribution is 5.02. The summed E-state index contributed by atoms with van der Waals surface area (Å²) in [5.74, 6) is -3.33. The van der Waals surface area contributed by atoms with Crippen molar-refractivity contribution in [1.82, 2.24) is 4.90 Å². The van der Waals surface area contributed by atoms with Crippen LogP contribution in [-0.2, 0) is 0 Å². The molecule has 0 spiro atoms. The highest BCUT2D eigenvalue weighted by Gasteiger charge is 2.51. The Morgan fingerprint density at radius 3 is 2.46 bits per heavy atom. The summed E-state index contributed by atoms with van der Waals surface area (Å²) in [7, 11) is 0. The van der Waals surface area contributed by atoms with E-state index in [2.05, 4.69) is 0 Å². The van der Waals surface area contributed by atoms with Gasteiger partial charge in [-0.25, -0.2) is 8.78 Å². The van der Waals surface area contributed by atoms with Gasteiger partial charge in [-0.15, -0.1) is 0 Å². The lowest BCUT2D eigenvalue weighted by molar-refractivity contribution is -0.141. The van der Waals surface area contributed by atoms with Crippen LogP contribution < -0.4 is 0 Å². The maximum absolute atomic E-state index is 12.6. The van der Waals surface area contributed by atoms with E-state index in [4.69, 9.17) is 0 Å². The Morgan fingerprint density at radius 1 is 1.38 bits per heavy atom. The quantitative estimate of drug-likeness (QED) is 0.625. The third kappa shape index (κ3) is 1.66. The second kappa shape index (κ2) is 2.83. The Morgan fingerprint density at radius 2 is 2.08 bits per heavy atom. The topological polar surface area (TPSA) is 3.24 Å². The first-order valence-corrected chi connectivity index (χ1v) is 4.41. The summed E-state index contributed by atoms with van der Waals surface area (Å²) in [5.41, 5.74) is 0. The van der Waals surface area contributed by atoms with Crippen molar-refractivity contribution in [2.24, 2.45) is 5.92 Å². The Bertz CT molecular complexity index is 206. The Hall–Kier alpha value is -0.320. The Labute approximate surface area is 73.7 Å². The average molecular weight is 197 g/mol. The molecule has 2 fully saturated rings. The third-order valence-electron chi connectivity index (χ3n) is 2.87. The molecule has 1 aliphatic carbocycles. The number of alkyl halides is 4. The molecule has 5 heteroatoms. The first-order chi connectivity index (χ1) is 6.00. The molecular weight excluding hydrogens is 186 g/mol. The fourth-order valence-electron chi connectivity index (χ4n) is 2.02. The van der Waals surface area contributed by atoms with Gasteiger partial charge < -0.3 is 0 Å². The van der Waals surface area contributed by atoms with Gasteiger partial charge in [-0.05, 0) is 25.3 Å². The zero-order chi connectivity index (χ0) is 9.64. The lowest BCUT2D eigenvalue weighted by Crippen LogP contribution is -2.41. The van der Waals surface area contributed by atoms with Crippen molar-refractivity contribution in [2.45, 2.75) is 31.2 Å².